The highest BCUT2D eigenvalue weighted by Crippen LogP contribution is 2.15. The van der Waals surface area contributed by atoms with Gasteiger partial charge in [-0.05, 0) is 59.5 Å². The van der Waals surface area contributed by atoms with Crippen LogP contribution in [0.15, 0.2) is 16.9 Å². The molecule has 2 N–H and O–H groups in total. The third-order valence-electron chi connectivity index (χ3n) is 4.51. The van der Waals surface area contributed by atoms with Gasteiger partial charge in [0, 0.05) is 42.3 Å². The average Bonchev–Trinajstić information content (AvgIpc) is 2.78. The maximum Gasteiger partial charge on any atom is 0.253 e. The predicted octanol–water partition coefficient (Wildman–Crippen LogP) is 1.90. The van der Waals surface area contributed by atoms with Crippen LogP contribution in [0, 0.1) is 27.7 Å². The molecule has 0 spiro atoms. The van der Waals surface area contributed by atoms with Gasteiger partial charge in [-0.3, -0.25) is 9.59 Å². The number of hydrogen-bond acceptors (Lipinski definition) is 3. The number of amides is 1. The molecule has 0 aliphatic heterocycles. The van der Waals surface area contributed by atoms with Crippen molar-refractivity contribution in [2.24, 2.45) is 0 Å². The van der Waals surface area contributed by atoms with Gasteiger partial charge in [-0.25, -0.2) is 0 Å². The van der Waals surface area contributed by atoms with Gasteiger partial charge in [0.05, 0.1) is 5.56 Å². The fourth-order valence-electron chi connectivity index (χ4n) is 3.04. The second-order valence-corrected chi connectivity index (χ2v) is 6.87. The molecule has 25 heavy (non-hydrogen) atoms. The van der Waals surface area contributed by atoms with E-state index in [1.54, 1.807) is 0 Å². The number of carbonyl (C=O) groups excluding carboxylic acids is 1. The Morgan fingerprint density at radius 1 is 1.20 bits per heavy atom. The zero-order valence-corrected chi connectivity index (χ0v) is 16.0. The lowest BCUT2D eigenvalue weighted by Gasteiger charge is -2.14. The lowest BCUT2D eigenvalue weighted by atomic mass is 10.1. The summed E-state index contributed by atoms with van der Waals surface area (Å²) >= 11 is 0. The molecule has 136 valence electrons. The number of aromatic nitrogens is 2. The van der Waals surface area contributed by atoms with E-state index in [-0.39, 0.29) is 18.0 Å². The van der Waals surface area contributed by atoms with Crippen molar-refractivity contribution in [1.82, 2.24) is 19.8 Å². The van der Waals surface area contributed by atoms with Crippen LogP contribution in [-0.4, -0.2) is 41.0 Å². The standard InChI is InChI=1S/C19H28N4O2/c1-12-9-13(2)21-19(25)17(12)11-20-18(24)16-10-14(3)23(15(16)4)8-7-22(5)6/h9-10H,7-8,11H2,1-6H3,(H,20,24)(H,21,25). The van der Waals surface area contributed by atoms with Gasteiger partial charge in [-0.1, -0.05) is 0 Å². The zero-order valence-electron chi connectivity index (χ0n) is 16.0. The lowest BCUT2D eigenvalue weighted by molar-refractivity contribution is 0.0950. The molecular weight excluding hydrogens is 316 g/mol. The van der Waals surface area contributed by atoms with Crippen molar-refractivity contribution in [3.8, 4) is 0 Å². The Balaban J connectivity index is 2.14. The Bertz CT molecular complexity index is 831. The molecule has 0 aliphatic carbocycles. The normalized spacial score (nSPS) is 11.2. The molecule has 1 amide bonds. The summed E-state index contributed by atoms with van der Waals surface area (Å²) in [5.74, 6) is -0.149. The minimum absolute atomic E-state index is 0.144. The van der Waals surface area contributed by atoms with Crippen molar-refractivity contribution in [2.45, 2.75) is 40.8 Å². The first-order chi connectivity index (χ1) is 11.7. The summed E-state index contributed by atoms with van der Waals surface area (Å²) in [7, 11) is 4.06. The number of nitrogens with one attached hydrogen (secondary N) is 2. The average molecular weight is 344 g/mol. The van der Waals surface area contributed by atoms with E-state index in [1.807, 2.05) is 53.9 Å². The molecule has 2 heterocycles. The summed E-state index contributed by atoms with van der Waals surface area (Å²) < 4.78 is 2.15. The first kappa shape index (κ1) is 19.0. The fourth-order valence-corrected chi connectivity index (χ4v) is 3.04. The first-order valence-electron chi connectivity index (χ1n) is 8.49. The first-order valence-corrected chi connectivity index (χ1v) is 8.49. The highest BCUT2D eigenvalue weighted by Gasteiger charge is 2.16. The number of H-pyrrole nitrogens is 1. The minimum atomic E-state index is -0.149. The second kappa shape index (κ2) is 7.70. The molecule has 0 aliphatic rings. The van der Waals surface area contributed by atoms with Gasteiger partial charge < -0.3 is 19.8 Å². The maximum atomic E-state index is 12.6. The van der Waals surface area contributed by atoms with Crippen molar-refractivity contribution < 1.29 is 4.79 Å². The van der Waals surface area contributed by atoms with Crippen molar-refractivity contribution in [3.05, 3.63) is 56.3 Å². The molecule has 0 saturated carbocycles. The largest absolute Gasteiger partial charge is 0.348 e. The van der Waals surface area contributed by atoms with Crippen LogP contribution in [0.3, 0.4) is 0 Å². The number of pyridine rings is 1. The molecule has 0 unspecified atom stereocenters. The lowest BCUT2D eigenvalue weighted by Crippen LogP contribution is -2.28. The zero-order chi connectivity index (χ0) is 18.7. The topological polar surface area (TPSA) is 70.1 Å². The van der Waals surface area contributed by atoms with Gasteiger partial charge in [0.15, 0.2) is 0 Å². The molecule has 2 rings (SSSR count). The Hall–Kier alpha value is -2.34. The van der Waals surface area contributed by atoms with E-state index in [2.05, 4.69) is 19.8 Å². The van der Waals surface area contributed by atoms with E-state index < -0.39 is 0 Å². The monoisotopic (exact) mass is 344 g/mol. The molecule has 2 aromatic heterocycles. The molecule has 0 fully saturated rings. The van der Waals surface area contributed by atoms with Gasteiger partial charge in [-0.2, -0.15) is 0 Å². The van der Waals surface area contributed by atoms with Crippen molar-refractivity contribution >= 4 is 5.91 Å². The minimum Gasteiger partial charge on any atom is -0.348 e. The Labute approximate surface area is 148 Å². The van der Waals surface area contributed by atoms with E-state index in [9.17, 15) is 9.59 Å². The van der Waals surface area contributed by atoms with E-state index in [4.69, 9.17) is 0 Å². The summed E-state index contributed by atoms with van der Waals surface area (Å²) in [4.78, 5) is 29.5. The molecule has 0 radical (unpaired) electrons. The number of carbonyl (C=O) groups is 1. The van der Waals surface area contributed by atoms with Crippen LogP contribution >= 0.6 is 0 Å². The number of nitrogens with zero attached hydrogens (tertiary/aromatic N) is 2. The molecule has 2 aromatic rings. The van der Waals surface area contributed by atoms with Crippen molar-refractivity contribution in [1.29, 1.82) is 0 Å². The predicted molar refractivity (Wildman–Crippen MR) is 100 cm³/mol. The smallest absolute Gasteiger partial charge is 0.253 e. The Morgan fingerprint density at radius 2 is 1.88 bits per heavy atom. The highest BCUT2D eigenvalue weighted by molar-refractivity contribution is 5.95. The molecule has 0 atom stereocenters. The van der Waals surface area contributed by atoms with Gasteiger partial charge in [-0.15, -0.1) is 0 Å². The van der Waals surface area contributed by atoms with Crippen LogP contribution in [0.2, 0.25) is 0 Å². The summed E-state index contributed by atoms with van der Waals surface area (Å²) in [6, 6.07) is 3.82. The highest BCUT2D eigenvalue weighted by atomic mass is 16.1. The number of likely N-dealkylation sites (N-methyl/N-ethyl adjacent to an activating group) is 1. The number of aromatic amines is 1. The molecule has 0 bridgehead atoms. The van der Waals surface area contributed by atoms with Crippen LogP contribution in [0.4, 0.5) is 0 Å². The number of aryl methyl sites for hydroxylation is 3. The molecule has 0 saturated heterocycles. The maximum absolute atomic E-state index is 12.6. The Kier molecular flexibility index (Phi) is 5.85. The molecular formula is C19H28N4O2. The van der Waals surface area contributed by atoms with E-state index in [1.165, 1.54) is 0 Å². The summed E-state index contributed by atoms with van der Waals surface area (Å²) in [6.07, 6.45) is 0. The summed E-state index contributed by atoms with van der Waals surface area (Å²) in [5, 5.41) is 2.88. The van der Waals surface area contributed by atoms with Gasteiger partial charge >= 0.3 is 0 Å². The number of hydrogen-bond donors (Lipinski definition) is 2. The van der Waals surface area contributed by atoms with Crippen LogP contribution in [0.5, 0.6) is 0 Å². The molecule has 0 aromatic carbocycles. The molecule has 6 heteroatoms. The van der Waals surface area contributed by atoms with E-state index >= 15 is 0 Å². The quantitative estimate of drug-likeness (QED) is 0.841. The number of rotatable bonds is 6. The third-order valence-corrected chi connectivity index (χ3v) is 4.51. The van der Waals surface area contributed by atoms with E-state index in [0.717, 1.165) is 35.7 Å². The summed E-state index contributed by atoms with van der Waals surface area (Å²) in [5.41, 5.74) is 4.84. The van der Waals surface area contributed by atoms with Crippen LogP contribution in [0.1, 0.15) is 38.6 Å². The van der Waals surface area contributed by atoms with Gasteiger partial charge in [0.2, 0.25) is 0 Å². The van der Waals surface area contributed by atoms with Crippen LogP contribution in [0.25, 0.3) is 0 Å². The van der Waals surface area contributed by atoms with Crippen LogP contribution in [-0.2, 0) is 13.1 Å². The van der Waals surface area contributed by atoms with Gasteiger partial charge in [0.1, 0.15) is 0 Å². The Morgan fingerprint density at radius 3 is 2.48 bits per heavy atom. The van der Waals surface area contributed by atoms with Crippen molar-refractivity contribution in [3.63, 3.8) is 0 Å². The summed E-state index contributed by atoms with van der Waals surface area (Å²) in [6.45, 7) is 9.68. The van der Waals surface area contributed by atoms with E-state index in [0.29, 0.717) is 11.1 Å². The van der Waals surface area contributed by atoms with Crippen molar-refractivity contribution in [2.75, 3.05) is 20.6 Å². The second-order valence-electron chi connectivity index (χ2n) is 6.87. The SMILES string of the molecule is Cc1cc(C)c(CNC(=O)c2cc(C)n(CCN(C)C)c2C)c(=O)[nH]1. The fraction of sp³-hybridized carbons (Fsp3) is 0.474. The third kappa shape index (κ3) is 4.39. The van der Waals surface area contributed by atoms with Gasteiger partial charge in [0.25, 0.3) is 11.5 Å². The molecule has 6 nitrogen and oxygen atoms in total. The van der Waals surface area contributed by atoms with Crippen LogP contribution < -0.4 is 10.9 Å².